The predicted octanol–water partition coefficient (Wildman–Crippen LogP) is 6.98. The molecule has 1 aromatic heterocycles. The molecule has 0 radical (unpaired) electrons. The van der Waals surface area contributed by atoms with Crippen molar-refractivity contribution in [1.29, 1.82) is 0 Å². The lowest BCUT2D eigenvalue weighted by molar-refractivity contribution is 0.0714. The van der Waals surface area contributed by atoms with E-state index < -0.39 is 6.04 Å². The van der Waals surface area contributed by atoms with Crippen LogP contribution in [-0.2, 0) is 6.54 Å². The van der Waals surface area contributed by atoms with E-state index in [1.165, 1.54) is 0 Å². The van der Waals surface area contributed by atoms with Crippen LogP contribution in [0.2, 0.25) is 5.02 Å². The van der Waals surface area contributed by atoms with Crippen LogP contribution in [0.5, 0.6) is 11.5 Å². The summed E-state index contributed by atoms with van der Waals surface area (Å²) in [4.78, 5) is 29.0. The van der Waals surface area contributed by atoms with E-state index in [0.29, 0.717) is 33.1 Å². The molecule has 176 valence electrons. The summed E-state index contributed by atoms with van der Waals surface area (Å²) in [5, 5.41) is 0.982. The van der Waals surface area contributed by atoms with E-state index in [1.54, 1.807) is 35.2 Å². The summed E-state index contributed by atoms with van der Waals surface area (Å²) in [5.41, 5.74) is 2.00. The summed E-state index contributed by atoms with van der Waals surface area (Å²) in [6.45, 7) is 0.215. The van der Waals surface area contributed by atoms with Crippen LogP contribution in [0.1, 0.15) is 33.3 Å². The number of nitrogens with zero attached hydrogens (tertiary/aromatic N) is 1. The molecule has 0 bridgehead atoms. The van der Waals surface area contributed by atoms with Gasteiger partial charge in [-0.05, 0) is 53.6 Å². The van der Waals surface area contributed by atoms with Gasteiger partial charge in [-0.2, -0.15) is 0 Å². The van der Waals surface area contributed by atoms with Gasteiger partial charge in [-0.25, -0.2) is 0 Å². The van der Waals surface area contributed by atoms with Gasteiger partial charge in [0.25, 0.3) is 5.91 Å². The van der Waals surface area contributed by atoms with E-state index >= 15 is 0 Å². The van der Waals surface area contributed by atoms with Crippen LogP contribution in [0.15, 0.2) is 112 Å². The summed E-state index contributed by atoms with van der Waals surface area (Å²) in [5.74, 6) is 0.996. The summed E-state index contributed by atoms with van der Waals surface area (Å²) in [6.07, 6.45) is 0. The molecule has 6 heteroatoms. The fourth-order valence-corrected chi connectivity index (χ4v) is 4.86. The Balaban J connectivity index is 1.51. The van der Waals surface area contributed by atoms with Crippen molar-refractivity contribution in [2.24, 2.45) is 0 Å². The van der Waals surface area contributed by atoms with Crippen molar-refractivity contribution in [2.75, 3.05) is 0 Å². The van der Waals surface area contributed by atoms with Crippen molar-refractivity contribution in [3.05, 3.63) is 141 Å². The van der Waals surface area contributed by atoms with Gasteiger partial charge in [0.15, 0.2) is 5.43 Å². The number of para-hydroxylation sites is 2. The highest BCUT2D eigenvalue weighted by molar-refractivity contribution is 6.31. The van der Waals surface area contributed by atoms with Crippen molar-refractivity contribution >= 4 is 28.5 Å². The lowest BCUT2D eigenvalue weighted by Gasteiger charge is -2.26. The van der Waals surface area contributed by atoms with Crippen LogP contribution in [0.25, 0.3) is 11.0 Å². The Morgan fingerprint density at radius 2 is 1.53 bits per heavy atom. The first-order valence-corrected chi connectivity index (χ1v) is 11.9. The van der Waals surface area contributed by atoms with E-state index in [-0.39, 0.29) is 23.6 Å². The minimum Gasteiger partial charge on any atom is -0.457 e. The van der Waals surface area contributed by atoms with Crippen LogP contribution in [-0.4, -0.2) is 10.8 Å². The maximum absolute atomic E-state index is 13.7. The van der Waals surface area contributed by atoms with Gasteiger partial charge in [-0.1, -0.05) is 72.3 Å². The molecule has 1 unspecified atom stereocenters. The van der Waals surface area contributed by atoms with Gasteiger partial charge in [0.2, 0.25) is 5.76 Å². The van der Waals surface area contributed by atoms with Gasteiger partial charge in [0, 0.05) is 11.6 Å². The maximum atomic E-state index is 13.7. The number of hydrogen-bond donors (Lipinski definition) is 0. The molecule has 0 N–H and O–H groups in total. The van der Waals surface area contributed by atoms with Crippen LogP contribution in [0.4, 0.5) is 0 Å². The minimum absolute atomic E-state index is 0.0603. The summed E-state index contributed by atoms with van der Waals surface area (Å²) in [6, 6.07) is 30.6. The standard InChI is InChI=1S/C30H20ClNO4/c31-24-15-6-4-9-20(24)18-32-27(19-10-8-13-22(17-19)35-21-11-2-1-3-12-21)26-28(33)23-14-5-7-16-25(23)36-29(26)30(32)34/h1-17,27H,18H2. The third-order valence-electron chi connectivity index (χ3n) is 6.32. The molecule has 0 aliphatic carbocycles. The van der Waals surface area contributed by atoms with Crippen LogP contribution in [0, 0.1) is 0 Å². The molecule has 36 heavy (non-hydrogen) atoms. The Kier molecular flexibility index (Phi) is 5.55. The molecule has 4 aromatic carbocycles. The quantitative estimate of drug-likeness (QED) is 0.265. The van der Waals surface area contributed by atoms with Gasteiger partial charge in [0.1, 0.15) is 17.1 Å². The first-order valence-electron chi connectivity index (χ1n) is 11.5. The highest BCUT2D eigenvalue weighted by Gasteiger charge is 2.43. The third-order valence-corrected chi connectivity index (χ3v) is 6.69. The van der Waals surface area contributed by atoms with E-state index in [1.807, 2.05) is 72.8 Å². The molecule has 5 aromatic rings. The number of amides is 1. The highest BCUT2D eigenvalue weighted by atomic mass is 35.5. The zero-order valence-corrected chi connectivity index (χ0v) is 19.8. The molecule has 2 heterocycles. The smallest absolute Gasteiger partial charge is 0.291 e. The third kappa shape index (κ3) is 3.84. The Bertz CT molecular complexity index is 1660. The van der Waals surface area contributed by atoms with E-state index in [0.717, 1.165) is 11.1 Å². The van der Waals surface area contributed by atoms with Crippen LogP contribution in [0.3, 0.4) is 0 Å². The van der Waals surface area contributed by atoms with Crippen molar-refractivity contribution in [3.8, 4) is 11.5 Å². The monoisotopic (exact) mass is 493 g/mol. The van der Waals surface area contributed by atoms with Crippen molar-refractivity contribution in [1.82, 2.24) is 4.90 Å². The number of rotatable bonds is 5. The molecule has 0 saturated carbocycles. The lowest BCUT2D eigenvalue weighted by atomic mass is 9.98. The molecular weight excluding hydrogens is 474 g/mol. The van der Waals surface area contributed by atoms with Gasteiger partial charge in [0.05, 0.1) is 17.0 Å². The number of fused-ring (bicyclic) bond motifs is 2. The average molecular weight is 494 g/mol. The minimum atomic E-state index is -0.663. The van der Waals surface area contributed by atoms with E-state index in [4.69, 9.17) is 20.8 Å². The van der Waals surface area contributed by atoms with Gasteiger partial charge in [-0.3, -0.25) is 9.59 Å². The van der Waals surface area contributed by atoms with Gasteiger partial charge < -0.3 is 14.1 Å². The molecule has 1 atom stereocenters. The molecule has 1 amide bonds. The second-order valence-corrected chi connectivity index (χ2v) is 8.99. The molecule has 0 fully saturated rings. The average Bonchev–Trinajstić information content (AvgIpc) is 3.18. The normalized spacial score (nSPS) is 14.8. The number of carbonyl (C=O) groups is 1. The van der Waals surface area contributed by atoms with E-state index in [2.05, 4.69) is 0 Å². The largest absolute Gasteiger partial charge is 0.457 e. The van der Waals surface area contributed by atoms with Gasteiger partial charge >= 0.3 is 0 Å². The zero-order valence-electron chi connectivity index (χ0n) is 19.1. The second kappa shape index (κ2) is 9.02. The number of hydrogen-bond acceptors (Lipinski definition) is 4. The highest BCUT2D eigenvalue weighted by Crippen LogP contribution is 2.40. The van der Waals surface area contributed by atoms with Crippen LogP contribution < -0.4 is 10.2 Å². The summed E-state index contributed by atoms with van der Waals surface area (Å²) in [7, 11) is 0. The fraction of sp³-hybridized carbons (Fsp3) is 0.0667. The Morgan fingerprint density at radius 3 is 2.36 bits per heavy atom. The Hall–Kier alpha value is -4.35. The van der Waals surface area contributed by atoms with Gasteiger partial charge in [-0.15, -0.1) is 0 Å². The van der Waals surface area contributed by atoms with Crippen molar-refractivity contribution in [3.63, 3.8) is 0 Å². The Morgan fingerprint density at radius 1 is 0.806 bits per heavy atom. The Labute approximate surface area is 212 Å². The maximum Gasteiger partial charge on any atom is 0.291 e. The second-order valence-electron chi connectivity index (χ2n) is 8.58. The summed E-state index contributed by atoms with van der Waals surface area (Å²) >= 11 is 6.44. The van der Waals surface area contributed by atoms with Crippen molar-refractivity contribution in [2.45, 2.75) is 12.6 Å². The molecular formula is C30H20ClNO4. The molecule has 0 saturated heterocycles. The van der Waals surface area contributed by atoms with Crippen LogP contribution >= 0.6 is 11.6 Å². The zero-order chi connectivity index (χ0) is 24.6. The first-order chi connectivity index (χ1) is 17.6. The molecule has 6 rings (SSSR count). The molecule has 1 aliphatic rings. The molecule has 1 aliphatic heterocycles. The summed E-state index contributed by atoms with van der Waals surface area (Å²) < 4.78 is 12.1. The number of ether oxygens (including phenoxy) is 1. The number of carbonyl (C=O) groups excluding carboxylic acids is 1. The topological polar surface area (TPSA) is 59.8 Å². The first kappa shape index (κ1) is 22.1. The predicted molar refractivity (Wildman–Crippen MR) is 139 cm³/mol. The van der Waals surface area contributed by atoms with Crippen molar-refractivity contribution < 1.29 is 13.9 Å². The molecule has 0 spiro atoms. The fourth-order valence-electron chi connectivity index (χ4n) is 4.66. The SMILES string of the molecule is O=C1c2oc3ccccc3c(=O)c2C(c2cccc(Oc3ccccc3)c2)N1Cc1ccccc1Cl. The molecule has 5 nitrogen and oxygen atoms in total. The number of benzene rings is 4. The van der Waals surface area contributed by atoms with E-state index in [9.17, 15) is 9.59 Å². The number of halogens is 1. The lowest BCUT2D eigenvalue weighted by Crippen LogP contribution is -2.29.